The Morgan fingerprint density at radius 1 is 0.783 bits per heavy atom. The maximum absolute atomic E-state index is 11.1. The molecule has 0 atom stereocenters. The van der Waals surface area contributed by atoms with Crippen LogP contribution in [0, 0.1) is 0 Å². The highest BCUT2D eigenvalue weighted by Crippen LogP contribution is 2.54. The molecule has 0 bridgehead atoms. The average molecular weight is 451 g/mol. The summed E-state index contributed by atoms with van der Waals surface area (Å²) in [4.78, 5) is 22.1. The van der Waals surface area contributed by atoms with Crippen molar-refractivity contribution in [1.29, 1.82) is 0 Å². The zero-order valence-electron chi connectivity index (χ0n) is 11.2. The van der Waals surface area contributed by atoms with E-state index in [4.69, 9.17) is 69.6 Å². The number of alkyl halides is 6. The number of rotatable bonds is 8. The van der Waals surface area contributed by atoms with Gasteiger partial charge in [-0.2, -0.15) is 0 Å². The van der Waals surface area contributed by atoms with E-state index in [1.807, 2.05) is 0 Å². The van der Waals surface area contributed by atoms with Gasteiger partial charge >= 0.3 is 12.3 Å². The highest BCUT2D eigenvalue weighted by Gasteiger charge is 2.61. The maximum atomic E-state index is 11.1. The number of ether oxygens (including phenoxy) is 4. The molecular formula is C11H10Cl6O6. The Bertz CT molecular complexity index is 424. The Hall–Kier alpha value is -0.240. The molecule has 0 amide bonds. The Balaban J connectivity index is 4.94. The molecule has 0 aromatic carbocycles. The van der Waals surface area contributed by atoms with Crippen LogP contribution in [0.3, 0.4) is 0 Å². The van der Waals surface area contributed by atoms with E-state index >= 15 is 0 Å². The van der Waals surface area contributed by atoms with Crippen LogP contribution in [-0.4, -0.2) is 38.5 Å². The molecule has 0 aromatic rings. The van der Waals surface area contributed by atoms with E-state index in [9.17, 15) is 9.59 Å². The molecule has 0 unspecified atom stereocenters. The lowest BCUT2D eigenvalue weighted by atomic mass is 10.2. The molecule has 0 rings (SSSR count). The molecule has 12 heteroatoms. The third-order valence-corrected chi connectivity index (χ3v) is 5.66. The average Bonchev–Trinajstić information content (AvgIpc) is 2.43. The molecule has 132 valence electrons. The molecule has 0 N–H and O–H groups in total. The van der Waals surface area contributed by atoms with Crippen molar-refractivity contribution in [3.8, 4) is 0 Å². The summed E-state index contributed by atoms with van der Waals surface area (Å²) in [5.41, 5.74) is 0. The van der Waals surface area contributed by atoms with Gasteiger partial charge in [0.25, 0.3) is 0 Å². The highest BCUT2D eigenvalue weighted by molar-refractivity contribution is 6.69. The molecule has 0 saturated carbocycles. The van der Waals surface area contributed by atoms with Crippen LogP contribution in [0.2, 0.25) is 0 Å². The van der Waals surface area contributed by atoms with Gasteiger partial charge in [-0.15, -0.1) is 0 Å². The Morgan fingerprint density at radius 3 is 1.35 bits per heavy atom. The minimum atomic E-state index is -2.35. The quantitative estimate of drug-likeness (QED) is 0.291. The van der Waals surface area contributed by atoms with Gasteiger partial charge in [-0.05, 0) is 0 Å². The summed E-state index contributed by atoms with van der Waals surface area (Å²) in [5, 5.41) is 0. The van der Waals surface area contributed by atoms with Gasteiger partial charge < -0.3 is 18.9 Å². The molecule has 0 aliphatic carbocycles. The molecule has 0 aromatic heterocycles. The van der Waals surface area contributed by atoms with Crippen LogP contribution in [-0.2, 0) is 18.9 Å². The lowest BCUT2D eigenvalue weighted by Gasteiger charge is -2.39. The minimum Gasteiger partial charge on any atom is -0.431 e. The van der Waals surface area contributed by atoms with Crippen LogP contribution in [0.4, 0.5) is 9.59 Å². The van der Waals surface area contributed by atoms with Crippen molar-refractivity contribution in [2.75, 3.05) is 13.2 Å². The first-order valence-corrected chi connectivity index (χ1v) is 7.70. The monoisotopic (exact) mass is 448 g/mol. The first kappa shape index (κ1) is 22.8. The molecule has 0 radical (unpaired) electrons. The maximum Gasteiger partial charge on any atom is 0.513 e. The van der Waals surface area contributed by atoms with E-state index < -0.39 is 38.5 Å². The summed E-state index contributed by atoms with van der Waals surface area (Å²) in [6, 6.07) is 0. The minimum absolute atomic E-state index is 0.756. The normalized spacial score (nSPS) is 12.1. The largest absolute Gasteiger partial charge is 0.513 e. The standard InChI is InChI=1S/C11H10Cl6O6/c1-3-20-7(18)22-5-9(12,13)11(16,17)10(14,15)6-23-8(19)21-4-2/h3-4H,1-2,5-6H2. The van der Waals surface area contributed by atoms with Crippen molar-refractivity contribution < 1.29 is 28.5 Å². The fourth-order valence-electron chi connectivity index (χ4n) is 0.952. The van der Waals surface area contributed by atoms with Crippen LogP contribution < -0.4 is 0 Å². The van der Waals surface area contributed by atoms with E-state index in [0.717, 1.165) is 12.5 Å². The molecule has 0 fully saturated rings. The molecule has 0 spiro atoms. The van der Waals surface area contributed by atoms with Crippen molar-refractivity contribution in [2.45, 2.75) is 13.0 Å². The summed E-state index contributed by atoms with van der Waals surface area (Å²) < 4.78 is 10.9. The molecule has 0 saturated heterocycles. The predicted molar refractivity (Wildman–Crippen MR) is 88.6 cm³/mol. The first-order chi connectivity index (χ1) is 10.4. The van der Waals surface area contributed by atoms with Crippen LogP contribution in [0.5, 0.6) is 0 Å². The van der Waals surface area contributed by atoms with Gasteiger partial charge in [-0.1, -0.05) is 82.8 Å². The zero-order chi connectivity index (χ0) is 18.3. The van der Waals surface area contributed by atoms with Crippen LogP contribution >= 0.6 is 69.6 Å². The summed E-state index contributed by atoms with van der Waals surface area (Å²) >= 11 is 35.6. The second kappa shape index (κ2) is 9.30. The molecule has 0 aliphatic rings. The van der Waals surface area contributed by atoms with Gasteiger partial charge in [0.15, 0.2) is 13.0 Å². The van der Waals surface area contributed by atoms with Crippen molar-refractivity contribution in [3.05, 3.63) is 25.7 Å². The summed E-state index contributed by atoms with van der Waals surface area (Å²) in [6.45, 7) is 4.76. The van der Waals surface area contributed by atoms with Crippen molar-refractivity contribution in [1.82, 2.24) is 0 Å². The van der Waals surface area contributed by atoms with Gasteiger partial charge in [0.05, 0.1) is 12.5 Å². The van der Waals surface area contributed by atoms with Crippen LogP contribution in [0.15, 0.2) is 25.7 Å². The molecule has 0 heterocycles. The van der Waals surface area contributed by atoms with E-state index in [1.54, 1.807) is 0 Å². The van der Waals surface area contributed by atoms with Crippen molar-refractivity contribution >= 4 is 81.9 Å². The van der Waals surface area contributed by atoms with Crippen LogP contribution in [0.1, 0.15) is 0 Å². The number of hydrogen-bond donors (Lipinski definition) is 0. The van der Waals surface area contributed by atoms with E-state index in [0.29, 0.717) is 0 Å². The molecular weight excluding hydrogens is 441 g/mol. The van der Waals surface area contributed by atoms with Gasteiger partial charge in [0.2, 0.25) is 0 Å². The van der Waals surface area contributed by atoms with Gasteiger partial charge in [0, 0.05) is 0 Å². The smallest absolute Gasteiger partial charge is 0.431 e. The Kier molecular flexibility index (Phi) is 9.20. The topological polar surface area (TPSA) is 71.1 Å². The number of halogens is 6. The Labute approximate surface area is 162 Å². The highest BCUT2D eigenvalue weighted by atomic mass is 35.5. The van der Waals surface area contributed by atoms with Crippen molar-refractivity contribution in [2.24, 2.45) is 0 Å². The van der Waals surface area contributed by atoms with Gasteiger partial charge in [-0.25, -0.2) is 9.59 Å². The molecule has 6 nitrogen and oxygen atoms in total. The molecule has 23 heavy (non-hydrogen) atoms. The number of carbonyl (C=O) groups is 2. The zero-order valence-corrected chi connectivity index (χ0v) is 15.7. The summed E-state index contributed by atoms with van der Waals surface area (Å²) in [7, 11) is 0. The van der Waals surface area contributed by atoms with E-state index in [-0.39, 0.29) is 0 Å². The number of hydrogen-bond acceptors (Lipinski definition) is 6. The lowest BCUT2D eigenvalue weighted by molar-refractivity contribution is 0.0735. The summed E-state index contributed by atoms with van der Waals surface area (Å²) in [6.07, 6.45) is -0.716. The molecule has 0 aliphatic heterocycles. The number of carbonyl (C=O) groups excluding carboxylic acids is 2. The Morgan fingerprint density at radius 2 is 1.09 bits per heavy atom. The van der Waals surface area contributed by atoms with Gasteiger partial charge in [0.1, 0.15) is 13.2 Å². The SMILES string of the molecule is C=COC(=O)OCC(Cl)(Cl)C(Cl)(Cl)C(Cl)(Cl)COC(=O)OC=C. The second-order valence-electron chi connectivity index (χ2n) is 3.63. The first-order valence-electron chi connectivity index (χ1n) is 5.43. The third kappa shape index (κ3) is 6.64. The van der Waals surface area contributed by atoms with E-state index in [2.05, 4.69) is 32.1 Å². The summed E-state index contributed by atoms with van der Waals surface area (Å²) in [5.74, 6) is 0. The fraction of sp³-hybridized carbons (Fsp3) is 0.455. The predicted octanol–water partition coefficient (Wildman–Crippen LogP) is 5.10. The van der Waals surface area contributed by atoms with Crippen molar-refractivity contribution in [3.63, 3.8) is 0 Å². The van der Waals surface area contributed by atoms with Crippen LogP contribution in [0.25, 0.3) is 0 Å². The second-order valence-corrected chi connectivity index (χ2v) is 7.92. The third-order valence-electron chi connectivity index (χ3n) is 2.02. The lowest BCUT2D eigenvalue weighted by Crippen LogP contribution is -2.54. The fourth-order valence-corrected chi connectivity index (χ4v) is 2.23. The van der Waals surface area contributed by atoms with E-state index in [1.165, 1.54) is 0 Å². The van der Waals surface area contributed by atoms with Gasteiger partial charge in [-0.3, -0.25) is 0 Å².